The zero-order chi connectivity index (χ0) is 11.3. The molecule has 15 heavy (non-hydrogen) atoms. The molecule has 86 valence electrons. The maximum absolute atomic E-state index is 11.1. The Morgan fingerprint density at radius 2 is 2.20 bits per heavy atom. The highest BCUT2D eigenvalue weighted by atomic mass is 16.6. The van der Waals surface area contributed by atoms with Crippen LogP contribution in [0.1, 0.15) is 13.3 Å². The van der Waals surface area contributed by atoms with Crippen LogP contribution in [0, 0.1) is 0 Å². The number of hydrogen-bond acceptors (Lipinski definition) is 6. The summed E-state index contributed by atoms with van der Waals surface area (Å²) < 4.78 is 14.1. The zero-order valence-corrected chi connectivity index (χ0v) is 8.47. The van der Waals surface area contributed by atoms with Gasteiger partial charge in [0.2, 0.25) is 0 Å². The molecular weight excluding hydrogens is 204 g/mol. The molecule has 1 N–H and O–H groups in total. The van der Waals surface area contributed by atoms with E-state index in [1.807, 2.05) is 0 Å². The first kappa shape index (κ1) is 11.9. The van der Waals surface area contributed by atoms with E-state index in [2.05, 4.69) is 9.47 Å². The largest absolute Gasteiger partial charge is 0.466 e. The average Bonchev–Trinajstić information content (AvgIpc) is 2.97. The Balaban J connectivity index is 2.15. The van der Waals surface area contributed by atoms with Crippen molar-refractivity contribution in [1.29, 1.82) is 0 Å². The van der Waals surface area contributed by atoms with Gasteiger partial charge < -0.3 is 19.3 Å². The van der Waals surface area contributed by atoms with Gasteiger partial charge in [0, 0.05) is 0 Å². The normalized spacial score (nSPS) is 20.5. The van der Waals surface area contributed by atoms with Crippen molar-refractivity contribution in [3.05, 3.63) is 0 Å². The fourth-order valence-electron chi connectivity index (χ4n) is 0.897. The number of hydrogen-bond donors (Lipinski definition) is 1. The number of aliphatic hydroxyl groups excluding tert-OH is 1. The van der Waals surface area contributed by atoms with Crippen molar-refractivity contribution in [3.63, 3.8) is 0 Å². The standard InChI is InChI=1S/C9H14O6/c1-2-13-8(11)3-7(10)9(12)15-5-6-4-14-6/h6-7,10H,2-5H2,1H3. The molecule has 1 aliphatic heterocycles. The molecule has 1 fully saturated rings. The lowest BCUT2D eigenvalue weighted by atomic mass is 10.2. The van der Waals surface area contributed by atoms with Gasteiger partial charge in [-0.3, -0.25) is 4.79 Å². The highest BCUT2D eigenvalue weighted by molar-refractivity contribution is 5.81. The lowest BCUT2D eigenvalue weighted by molar-refractivity contribution is -0.160. The monoisotopic (exact) mass is 218 g/mol. The summed E-state index contributed by atoms with van der Waals surface area (Å²) in [6.45, 7) is 2.56. The summed E-state index contributed by atoms with van der Waals surface area (Å²) in [5.41, 5.74) is 0. The SMILES string of the molecule is CCOC(=O)CC(O)C(=O)OCC1CO1. The number of ether oxygens (including phenoxy) is 3. The molecule has 0 aromatic heterocycles. The van der Waals surface area contributed by atoms with Crippen LogP contribution >= 0.6 is 0 Å². The van der Waals surface area contributed by atoms with Gasteiger partial charge in [-0.05, 0) is 6.92 Å². The van der Waals surface area contributed by atoms with Gasteiger partial charge in [0.1, 0.15) is 12.7 Å². The molecule has 0 saturated carbocycles. The lowest BCUT2D eigenvalue weighted by Crippen LogP contribution is -2.28. The fourth-order valence-corrected chi connectivity index (χ4v) is 0.897. The Morgan fingerprint density at radius 3 is 2.73 bits per heavy atom. The predicted molar refractivity (Wildman–Crippen MR) is 48.0 cm³/mol. The molecular formula is C9H14O6. The summed E-state index contributed by atoms with van der Waals surface area (Å²) in [6, 6.07) is 0. The molecule has 0 amide bonds. The second-order valence-corrected chi connectivity index (χ2v) is 3.11. The third kappa shape index (κ3) is 4.75. The number of carbonyl (C=O) groups is 2. The Bertz CT molecular complexity index is 235. The number of rotatable bonds is 6. The minimum atomic E-state index is -1.46. The quantitative estimate of drug-likeness (QED) is 0.466. The van der Waals surface area contributed by atoms with Crippen molar-refractivity contribution < 1.29 is 28.9 Å². The molecule has 6 heteroatoms. The molecule has 0 radical (unpaired) electrons. The molecule has 0 aliphatic carbocycles. The molecule has 1 saturated heterocycles. The van der Waals surface area contributed by atoms with Crippen molar-refractivity contribution >= 4 is 11.9 Å². The number of epoxide rings is 1. The predicted octanol–water partition coefficient (Wildman–Crippen LogP) is -0.758. The summed E-state index contributed by atoms with van der Waals surface area (Å²) in [4.78, 5) is 22.0. The molecule has 1 heterocycles. The molecule has 0 aromatic carbocycles. The highest BCUT2D eigenvalue weighted by Crippen LogP contribution is 2.09. The molecule has 0 bridgehead atoms. The van der Waals surface area contributed by atoms with Crippen LogP contribution in [0.4, 0.5) is 0 Å². The van der Waals surface area contributed by atoms with Gasteiger partial charge in [0.05, 0.1) is 19.6 Å². The van der Waals surface area contributed by atoms with Gasteiger partial charge in [-0.2, -0.15) is 0 Å². The number of aliphatic hydroxyl groups is 1. The van der Waals surface area contributed by atoms with Gasteiger partial charge in [-0.15, -0.1) is 0 Å². The van der Waals surface area contributed by atoms with Gasteiger partial charge in [-0.25, -0.2) is 4.79 Å². The van der Waals surface area contributed by atoms with Gasteiger partial charge >= 0.3 is 11.9 Å². The third-order valence-electron chi connectivity index (χ3n) is 1.75. The molecule has 1 aliphatic rings. The van der Waals surface area contributed by atoms with Crippen molar-refractivity contribution in [2.45, 2.75) is 25.6 Å². The minimum absolute atomic E-state index is 0.0521. The van der Waals surface area contributed by atoms with E-state index in [4.69, 9.17) is 4.74 Å². The molecule has 1 rings (SSSR count). The van der Waals surface area contributed by atoms with Crippen LogP contribution in [0.2, 0.25) is 0 Å². The maximum Gasteiger partial charge on any atom is 0.335 e. The van der Waals surface area contributed by atoms with Crippen molar-refractivity contribution in [1.82, 2.24) is 0 Å². The van der Waals surface area contributed by atoms with Crippen LogP contribution in [0.3, 0.4) is 0 Å². The molecule has 0 spiro atoms. The Labute approximate surface area is 87.1 Å². The van der Waals surface area contributed by atoms with E-state index >= 15 is 0 Å². The van der Waals surface area contributed by atoms with Crippen LogP contribution in [0.15, 0.2) is 0 Å². The topological polar surface area (TPSA) is 85.4 Å². The van der Waals surface area contributed by atoms with Crippen LogP contribution in [-0.4, -0.2) is 49.1 Å². The van der Waals surface area contributed by atoms with E-state index in [1.54, 1.807) is 6.92 Å². The summed E-state index contributed by atoms with van der Waals surface area (Å²) in [6.07, 6.45) is -1.88. The van der Waals surface area contributed by atoms with Crippen molar-refractivity contribution in [2.75, 3.05) is 19.8 Å². The van der Waals surface area contributed by atoms with E-state index in [-0.39, 0.29) is 25.7 Å². The van der Waals surface area contributed by atoms with Crippen LogP contribution < -0.4 is 0 Å². The third-order valence-corrected chi connectivity index (χ3v) is 1.75. The molecule has 2 atom stereocenters. The van der Waals surface area contributed by atoms with E-state index in [9.17, 15) is 14.7 Å². The van der Waals surface area contributed by atoms with Gasteiger partial charge in [0.15, 0.2) is 6.10 Å². The Morgan fingerprint density at radius 1 is 1.53 bits per heavy atom. The first-order valence-electron chi connectivity index (χ1n) is 4.75. The summed E-state index contributed by atoms with van der Waals surface area (Å²) in [7, 11) is 0. The number of carbonyl (C=O) groups excluding carboxylic acids is 2. The first-order valence-corrected chi connectivity index (χ1v) is 4.75. The summed E-state index contributed by atoms with van der Waals surface area (Å²) in [5, 5.41) is 9.23. The summed E-state index contributed by atoms with van der Waals surface area (Å²) >= 11 is 0. The average molecular weight is 218 g/mol. The Kier molecular flexibility index (Phi) is 4.51. The Hall–Kier alpha value is -1.14. The number of esters is 2. The molecule has 2 unspecified atom stereocenters. The summed E-state index contributed by atoms with van der Waals surface area (Å²) in [5.74, 6) is -1.44. The maximum atomic E-state index is 11.1. The first-order chi connectivity index (χ1) is 7.13. The highest BCUT2D eigenvalue weighted by Gasteiger charge is 2.27. The van der Waals surface area contributed by atoms with Crippen LogP contribution in [-0.2, 0) is 23.8 Å². The van der Waals surface area contributed by atoms with E-state index in [1.165, 1.54) is 0 Å². The lowest BCUT2D eigenvalue weighted by Gasteiger charge is -2.08. The molecule has 6 nitrogen and oxygen atoms in total. The second kappa shape index (κ2) is 5.67. The van der Waals surface area contributed by atoms with E-state index in [0.29, 0.717) is 6.61 Å². The zero-order valence-electron chi connectivity index (χ0n) is 8.47. The molecule has 0 aromatic rings. The van der Waals surface area contributed by atoms with Crippen LogP contribution in [0.25, 0.3) is 0 Å². The second-order valence-electron chi connectivity index (χ2n) is 3.11. The van der Waals surface area contributed by atoms with Gasteiger partial charge in [0.25, 0.3) is 0 Å². The van der Waals surface area contributed by atoms with Crippen molar-refractivity contribution in [2.24, 2.45) is 0 Å². The van der Waals surface area contributed by atoms with E-state index in [0.717, 1.165) is 0 Å². The van der Waals surface area contributed by atoms with Crippen molar-refractivity contribution in [3.8, 4) is 0 Å². The minimum Gasteiger partial charge on any atom is -0.466 e. The fraction of sp³-hybridized carbons (Fsp3) is 0.778. The van der Waals surface area contributed by atoms with Crippen LogP contribution in [0.5, 0.6) is 0 Å². The smallest absolute Gasteiger partial charge is 0.335 e. The van der Waals surface area contributed by atoms with E-state index < -0.39 is 18.0 Å². The van der Waals surface area contributed by atoms with Gasteiger partial charge in [-0.1, -0.05) is 0 Å².